The van der Waals surface area contributed by atoms with Crippen LogP contribution in [0.1, 0.15) is 168 Å². The molecule has 0 aromatic rings. The summed E-state index contributed by atoms with van der Waals surface area (Å²) < 4.78 is 34.4. The number of allylic oxidation sites excluding steroid dienone is 24. The summed E-state index contributed by atoms with van der Waals surface area (Å²) in [4.78, 5) is 35.6. The maximum Gasteiger partial charge on any atom is 0.472 e. The normalized spacial score (nSPS) is 14.5. The summed E-state index contributed by atoms with van der Waals surface area (Å²) in [6.07, 6.45) is 73.3. The molecule has 1 N–H and O–H groups in total. The van der Waals surface area contributed by atoms with Crippen LogP contribution in [0.15, 0.2) is 146 Å². The fraction of sp³-hybridized carbons (Fsp3) is 0.567. The van der Waals surface area contributed by atoms with Crippen LogP contribution in [0, 0.1) is 0 Å². The van der Waals surface area contributed by atoms with Crippen LogP contribution in [0.5, 0.6) is 0 Å². The topological polar surface area (TPSA) is 108 Å². The first kappa shape index (κ1) is 65.9. The van der Waals surface area contributed by atoms with Crippen LogP contribution in [-0.4, -0.2) is 74.9 Å². The second kappa shape index (κ2) is 49.9. The molecule has 0 spiro atoms. The molecule has 0 saturated carbocycles. The average molecular weight is 991 g/mol. The Morgan fingerprint density at radius 1 is 0.443 bits per heavy atom. The lowest BCUT2D eigenvalue weighted by molar-refractivity contribution is -0.870. The van der Waals surface area contributed by atoms with E-state index in [2.05, 4.69) is 160 Å². The Labute approximate surface area is 427 Å². The van der Waals surface area contributed by atoms with E-state index >= 15 is 0 Å². The summed E-state index contributed by atoms with van der Waals surface area (Å²) in [7, 11) is 1.41. The molecule has 10 heteroatoms. The van der Waals surface area contributed by atoms with Crippen molar-refractivity contribution in [2.45, 2.75) is 174 Å². The number of rotatable bonds is 46. The van der Waals surface area contributed by atoms with Gasteiger partial charge < -0.3 is 18.9 Å². The third-order valence-corrected chi connectivity index (χ3v) is 11.3. The number of hydrogen-bond acceptors (Lipinski definition) is 7. The van der Waals surface area contributed by atoms with Gasteiger partial charge in [0.25, 0.3) is 0 Å². The van der Waals surface area contributed by atoms with E-state index in [9.17, 15) is 19.0 Å². The van der Waals surface area contributed by atoms with E-state index in [1.54, 1.807) is 0 Å². The van der Waals surface area contributed by atoms with E-state index < -0.39 is 32.5 Å². The number of nitrogens with zero attached hydrogens (tertiary/aromatic N) is 1. The Kier molecular flexibility index (Phi) is 46.9. The monoisotopic (exact) mass is 991 g/mol. The number of likely N-dealkylation sites (N-methyl/N-ethyl adjacent to an activating group) is 1. The van der Waals surface area contributed by atoms with Crippen molar-refractivity contribution in [1.82, 2.24) is 0 Å². The van der Waals surface area contributed by atoms with Gasteiger partial charge in [0.1, 0.15) is 19.8 Å². The first-order valence-electron chi connectivity index (χ1n) is 26.6. The van der Waals surface area contributed by atoms with Crippen molar-refractivity contribution in [3.05, 3.63) is 146 Å². The molecule has 0 aliphatic rings. The largest absolute Gasteiger partial charge is 0.472 e. The van der Waals surface area contributed by atoms with Crippen molar-refractivity contribution in [3.63, 3.8) is 0 Å². The number of esters is 2. The summed E-state index contributed by atoms with van der Waals surface area (Å²) in [5.41, 5.74) is 0. The first-order chi connectivity index (χ1) is 34.0. The van der Waals surface area contributed by atoms with Crippen LogP contribution in [-0.2, 0) is 32.7 Å². The first-order valence-corrected chi connectivity index (χ1v) is 28.1. The Morgan fingerprint density at radius 3 is 1.16 bits per heavy atom. The van der Waals surface area contributed by atoms with Gasteiger partial charge in [-0.1, -0.05) is 185 Å². The van der Waals surface area contributed by atoms with Crippen LogP contribution in [0.2, 0.25) is 0 Å². The fourth-order valence-corrected chi connectivity index (χ4v) is 7.05. The number of unbranched alkanes of at least 4 members (excludes halogenated alkanes) is 8. The minimum atomic E-state index is -4.41. The predicted octanol–water partition coefficient (Wildman–Crippen LogP) is 16.4. The van der Waals surface area contributed by atoms with Gasteiger partial charge in [-0.2, -0.15) is 0 Å². The second-order valence-corrected chi connectivity index (χ2v) is 19.6. The molecule has 2 unspecified atom stereocenters. The molecular formula is C60H97NO8P+. The highest BCUT2D eigenvalue weighted by Gasteiger charge is 2.27. The van der Waals surface area contributed by atoms with Gasteiger partial charge in [-0.15, -0.1) is 0 Å². The van der Waals surface area contributed by atoms with Gasteiger partial charge in [-0.25, -0.2) is 4.57 Å². The Balaban J connectivity index is 4.38. The van der Waals surface area contributed by atoms with Crippen LogP contribution >= 0.6 is 7.82 Å². The average Bonchev–Trinajstić information content (AvgIpc) is 3.32. The fourth-order valence-electron chi connectivity index (χ4n) is 6.31. The van der Waals surface area contributed by atoms with Gasteiger partial charge in [0.15, 0.2) is 6.10 Å². The van der Waals surface area contributed by atoms with Gasteiger partial charge in [-0.05, 0) is 116 Å². The van der Waals surface area contributed by atoms with E-state index in [4.69, 9.17) is 18.5 Å². The quantitative estimate of drug-likeness (QED) is 0.0211. The van der Waals surface area contributed by atoms with E-state index in [1.807, 2.05) is 21.1 Å². The molecule has 0 aromatic carbocycles. The van der Waals surface area contributed by atoms with Crippen molar-refractivity contribution in [2.75, 3.05) is 47.5 Å². The lowest BCUT2D eigenvalue weighted by atomic mass is 10.1. The molecule has 394 valence electrons. The van der Waals surface area contributed by atoms with Crippen LogP contribution in [0.4, 0.5) is 0 Å². The van der Waals surface area contributed by atoms with E-state index in [-0.39, 0.29) is 26.1 Å². The molecule has 0 rings (SSSR count). The van der Waals surface area contributed by atoms with Crippen molar-refractivity contribution in [1.29, 1.82) is 0 Å². The van der Waals surface area contributed by atoms with E-state index in [0.717, 1.165) is 128 Å². The minimum Gasteiger partial charge on any atom is -0.462 e. The zero-order chi connectivity index (χ0) is 51.3. The molecule has 0 radical (unpaired) electrons. The molecule has 0 amide bonds. The smallest absolute Gasteiger partial charge is 0.462 e. The van der Waals surface area contributed by atoms with Gasteiger partial charge in [-0.3, -0.25) is 18.6 Å². The number of ether oxygens (including phenoxy) is 2. The molecule has 2 atom stereocenters. The summed E-state index contributed by atoms with van der Waals surface area (Å²) in [6, 6.07) is 0. The zero-order valence-electron chi connectivity index (χ0n) is 44.4. The maximum absolute atomic E-state index is 12.8. The van der Waals surface area contributed by atoms with Crippen molar-refractivity contribution in [3.8, 4) is 0 Å². The number of phosphoric acid groups is 1. The van der Waals surface area contributed by atoms with Gasteiger partial charge in [0.2, 0.25) is 0 Å². The third-order valence-electron chi connectivity index (χ3n) is 10.4. The number of quaternary nitrogens is 1. The number of phosphoric ester groups is 1. The number of carbonyl (C=O) groups is 2. The lowest BCUT2D eigenvalue weighted by Gasteiger charge is -2.24. The summed E-state index contributed by atoms with van der Waals surface area (Å²) in [6.45, 7) is 4.10. The van der Waals surface area contributed by atoms with Crippen molar-refractivity contribution < 1.29 is 42.1 Å². The van der Waals surface area contributed by atoms with Gasteiger partial charge in [0.05, 0.1) is 27.7 Å². The zero-order valence-corrected chi connectivity index (χ0v) is 45.3. The molecule has 9 nitrogen and oxygen atoms in total. The highest BCUT2D eigenvalue weighted by atomic mass is 31.2. The molecule has 0 heterocycles. The van der Waals surface area contributed by atoms with Gasteiger partial charge >= 0.3 is 19.8 Å². The summed E-state index contributed by atoms with van der Waals surface area (Å²) >= 11 is 0. The van der Waals surface area contributed by atoms with Crippen molar-refractivity contribution >= 4 is 19.8 Å². The highest BCUT2D eigenvalue weighted by Crippen LogP contribution is 2.43. The molecule has 0 aliphatic heterocycles. The van der Waals surface area contributed by atoms with Crippen LogP contribution < -0.4 is 0 Å². The van der Waals surface area contributed by atoms with Crippen LogP contribution in [0.25, 0.3) is 0 Å². The standard InChI is InChI=1S/C60H96NO8P/c1-6-8-10-12-14-16-18-20-22-24-26-27-28-29-30-31-32-33-35-37-39-41-43-45-47-49-51-53-60(63)69-58(57-68-70(64,65)67-55-54-61(3,4)5)56-66-59(62)52-50-48-46-44-42-40-38-36-34-25-23-21-19-17-15-13-11-9-7-2/h8-11,14-17,20-23,26-27,29-30,32-34,36-37,39-40,42,58H,6-7,12-13,18-19,24-25,28,31,35,38,41,43-57H2,1-5H3/p+1/b10-8-,11-9-,16-14-,17-15-,22-20-,23-21-,27-26-,30-29-,33-32-,36-34-,39-37-,42-40-. The summed E-state index contributed by atoms with van der Waals surface area (Å²) in [5, 5.41) is 0. The second-order valence-electron chi connectivity index (χ2n) is 18.1. The maximum atomic E-state index is 12.8. The highest BCUT2D eigenvalue weighted by molar-refractivity contribution is 7.47. The number of hydrogen-bond donors (Lipinski definition) is 1. The SMILES string of the molecule is CC/C=C\C/C=C\C/C=C\C/C=C\C/C=C\C/C=C\C/C=C\CCCCCCCC(=O)OC(COC(=O)CCCCC/C=C\C/C=C\C/C=C\C/C=C\C/C=C\CC)COP(=O)(O)OCC[N+](C)(C)C. The molecule has 0 bridgehead atoms. The van der Waals surface area contributed by atoms with E-state index in [0.29, 0.717) is 23.9 Å². The van der Waals surface area contributed by atoms with Crippen molar-refractivity contribution in [2.24, 2.45) is 0 Å². The van der Waals surface area contributed by atoms with E-state index in [1.165, 1.54) is 0 Å². The van der Waals surface area contributed by atoms with Gasteiger partial charge in [0, 0.05) is 12.8 Å². The Hall–Kier alpha value is -4.11. The number of carbonyl (C=O) groups excluding carboxylic acids is 2. The molecule has 0 saturated heterocycles. The minimum absolute atomic E-state index is 0.0123. The molecule has 0 aliphatic carbocycles. The Bertz CT molecular complexity index is 1690. The summed E-state index contributed by atoms with van der Waals surface area (Å²) in [5.74, 6) is -0.874. The molecular weight excluding hydrogens is 894 g/mol. The van der Waals surface area contributed by atoms with Crippen LogP contribution in [0.3, 0.4) is 0 Å². The molecule has 70 heavy (non-hydrogen) atoms. The Morgan fingerprint density at radius 2 is 0.771 bits per heavy atom. The third kappa shape index (κ3) is 53.2. The predicted molar refractivity (Wildman–Crippen MR) is 297 cm³/mol. The molecule has 0 aromatic heterocycles. The molecule has 0 fully saturated rings. The lowest BCUT2D eigenvalue weighted by Crippen LogP contribution is -2.37.